The minimum atomic E-state index is -0.777. The van der Waals surface area contributed by atoms with Crippen LogP contribution < -0.4 is 5.82 Å². The van der Waals surface area contributed by atoms with Gasteiger partial charge in [-0.1, -0.05) is 32.8 Å². The first-order valence-electron chi connectivity index (χ1n) is 9.16. The molecule has 0 aliphatic carbocycles. The maximum Gasteiger partial charge on any atom is 0.542 e. The lowest BCUT2D eigenvalue weighted by Crippen LogP contribution is -2.30. The predicted octanol–water partition coefficient (Wildman–Crippen LogP) is 4.28. The zero-order valence-electron chi connectivity index (χ0n) is 15.5. The van der Waals surface area contributed by atoms with Gasteiger partial charge < -0.3 is 9.15 Å². The number of amides is 1. The summed E-state index contributed by atoms with van der Waals surface area (Å²) in [6.07, 6.45) is 10.4. The van der Waals surface area contributed by atoms with Crippen LogP contribution in [0.2, 0.25) is 0 Å². The van der Waals surface area contributed by atoms with E-state index in [0.29, 0.717) is 18.9 Å². The van der Waals surface area contributed by atoms with Gasteiger partial charge in [0.25, 0.3) is 0 Å². The normalized spacial score (nSPS) is 12.4. The van der Waals surface area contributed by atoms with Crippen LogP contribution in [0.4, 0.5) is 4.79 Å². The molecule has 0 N–H and O–H groups in total. The molecule has 0 radical (unpaired) electrons. The number of nitrogens with zero attached hydrogens (tertiary/aromatic N) is 2. The molecule has 1 unspecified atom stereocenters. The van der Waals surface area contributed by atoms with E-state index in [9.17, 15) is 9.59 Å². The molecule has 0 aliphatic heterocycles. The third kappa shape index (κ3) is 9.12. The van der Waals surface area contributed by atoms with Crippen LogP contribution >= 0.6 is 0 Å². The van der Waals surface area contributed by atoms with E-state index in [1.165, 1.54) is 0 Å². The van der Waals surface area contributed by atoms with E-state index < -0.39 is 5.82 Å². The highest BCUT2D eigenvalue weighted by Crippen LogP contribution is 2.10. The van der Waals surface area contributed by atoms with Crippen LogP contribution in [0.25, 0.3) is 0 Å². The van der Waals surface area contributed by atoms with E-state index in [-0.39, 0.29) is 12.2 Å². The first-order chi connectivity index (χ1) is 12.1. The molecule has 0 fully saturated rings. The molecule has 25 heavy (non-hydrogen) atoms. The van der Waals surface area contributed by atoms with E-state index >= 15 is 0 Å². The first kappa shape index (κ1) is 21.0. The van der Waals surface area contributed by atoms with Crippen LogP contribution in [0.3, 0.4) is 0 Å². The van der Waals surface area contributed by atoms with Gasteiger partial charge in [0.1, 0.15) is 6.10 Å². The lowest BCUT2D eigenvalue weighted by Gasteiger charge is -2.20. The van der Waals surface area contributed by atoms with Crippen molar-refractivity contribution >= 4 is 6.09 Å². The molecule has 1 amide bonds. The average Bonchev–Trinajstić information content (AvgIpc) is 2.99. The van der Waals surface area contributed by atoms with Crippen LogP contribution in [-0.4, -0.2) is 28.8 Å². The Morgan fingerprint density at radius 3 is 2.72 bits per heavy atom. The quantitative estimate of drug-likeness (QED) is 0.521. The number of carbonyl (C=O) groups is 1. The minimum Gasteiger partial charge on any atom is -0.446 e. The Bertz CT molecular complexity index is 564. The Balaban J connectivity index is 2.29. The smallest absolute Gasteiger partial charge is 0.446 e. The summed E-state index contributed by atoms with van der Waals surface area (Å²) in [5.41, 5.74) is 0. The van der Waals surface area contributed by atoms with Gasteiger partial charge in [0.05, 0.1) is 0 Å². The Kier molecular flexibility index (Phi) is 10.4. The van der Waals surface area contributed by atoms with E-state index in [2.05, 4.69) is 16.6 Å². The fourth-order valence-electron chi connectivity index (χ4n) is 2.32. The summed E-state index contributed by atoms with van der Waals surface area (Å²) >= 11 is 0. The SMILES string of the molecule is CCCCC=CN(CCC)C(=O)OC(C)CCCCc1noc(=O)o1. The van der Waals surface area contributed by atoms with Crippen LogP contribution in [0, 0.1) is 0 Å². The van der Waals surface area contributed by atoms with Crippen molar-refractivity contribution in [1.82, 2.24) is 10.1 Å². The summed E-state index contributed by atoms with van der Waals surface area (Å²) in [5, 5.41) is 3.51. The van der Waals surface area contributed by atoms with Crippen LogP contribution in [0.5, 0.6) is 0 Å². The fraction of sp³-hybridized carbons (Fsp3) is 0.722. The van der Waals surface area contributed by atoms with Crippen LogP contribution in [0.1, 0.15) is 71.6 Å². The van der Waals surface area contributed by atoms with Crippen molar-refractivity contribution < 1.29 is 18.5 Å². The molecule has 142 valence electrons. The van der Waals surface area contributed by atoms with Gasteiger partial charge in [-0.2, -0.15) is 0 Å². The summed E-state index contributed by atoms with van der Waals surface area (Å²) < 4.78 is 14.6. The standard InChI is InChI=1S/C18H30N2O5/c1-4-6-7-10-14-20(13-5-2)17(21)23-15(3)11-8-9-12-16-19-25-18(22)24-16/h10,14-15H,4-9,11-13H2,1-3H3. The third-order valence-electron chi connectivity index (χ3n) is 3.69. The molecule has 0 aliphatic rings. The molecular weight excluding hydrogens is 324 g/mol. The lowest BCUT2D eigenvalue weighted by molar-refractivity contribution is 0.0766. The second kappa shape index (κ2) is 12.3. The third-order valence-corrected chi connectivity index (χ3v) is 3.69. The van der Waals surface area contributed by atoms with E-state index in [4.69, 9.17) is 9.15 Å². The maximum atomic E-state index is 12.2. The fourth-order valence-corrected chi connectivity index (χ4v) is 2.32. The van der Waals surface area contributed by atoms with Gasteiger partial charge in [0.15, 0.2) is 0 Å². The van der Waals surface area contributed by atoms with E-state index in [0.717, 1.165) is 44.9 Å². The van der Waals surface area contributed by atoms with Crippen molar-refractivity contribution in [2.75, 3.05) is 6.54 Å². The molecule has 1 heterocycles. The second-order valence-corrected chi connectivity index (χ2v) is 6.09. The maximum absolute atomic E-state index is 12.2. The van der Waals surface area contributed by atoms with Crippen molar-refractivity contribution in [3.63, 3.8) is 0 Å². The molecule has 0 bridgehead atoms. The van der Waals surface area contributed by atoms with Crippen molar-refractivity contribution in [3.8, 4) is 0 Å². The highest BCUT2D eigenvalue weighted by atomic mass is 16.6. The molecule has 1 rings (SSSR count). The Morgan fingerprint density at radius 2 is 2.08 bits per heavy atom. The number of hydrogen-bond acceptors (Lipinski definition) is 6. The molecule has 0 saturated carbocycles. The Morgan fingerprint density at radius 1 is 1.28 bits per heavy atom. The van der Waals surface area contributed by atoms with Gasteiger partial charge in [0, 0.05) is 19.2 Å². The number of hydrogen-bond donors (Lipinski definition) is 0. The molecule has 0 saturated heterocycles. The number of carbonyl (C=O) groups excluding carboxylic acids is 1. The monoisotopic (exact) mass is 354 g/mol. The molecule has 0 aromatic carbocycles. The highest BCUT2D eigenvalue weighted by Gasteiger charge is 2.15. The summed E-state index contributed by atoms with van der Waals surface area (Å²) in [6, 6.07) is 0. The number of allylic oxidation sites excluding steroid dienone is 1. The van der Waals surface area contributed by atoms with Crippen molar-refractivity contribution in [2.24, 2.45) is 0 Å². The van der Waals surface area contributed by atoms with E-state index in [1.54, 1.807) is 4.90 Å². The van der Waals surface area contributed by atoms with Gasteiger partial charge in [-0.05, 0) is 44.2 Å². The molecule has 1 aromatic rings. The largest absolute Gasteiger partial charge is 0.542 e. The van der Waals surface area contributed by atoms with Crippen molar-refractivity contribution in [1.29, 1.82) is 0 Å². The van der Waals surface area contributed by atoms with Crippen molar-refractivity contribution in [3.05, 3.63) is 28.8 Å². The zero-order valence-corrected chi connectivity index (χ0v) is 15.5. The van der Waals surface area contributed by atoms with Crippen molar-refractivity contribution in [2.45, 2.75) is 78.2 Å². The summed E-state index contributed by atoms with van der Waals surface area (Å²) in [6.45, 7) is 6.72. The number of aromatic nitrogens is 1. The summed E-state index contributed by atoms with van der Waals surface area (Å²) in [7, 11) is 0. The van der Waals surface area contributed by atoms with Crippen LogP contribution in [0.15, 0.2) is 26.0 Å². The lowest BCUT2D eigenvalue weighted by atomic mass is 10.1. The highest BCUT2D eigenvalue weighted by molar-refractivity contribution is 5.69. The summed E-state index contributed by atoms with van der Waals surface area (Å²) in [5.74, 6) is -0.471. The molecule has 7 nitrogen and oxygen atoms in total. The molecule has 7 heteroatoms. The molecule has 1 atom stereocenters. The van der Waals surface area contributed by atoms with Gasteiger partial charge in [-0.15, -0.1) is 0 Å². The number of aryl methyl sites for hydroxylation is 1. The van der Waals surface area contributed by atoms with Crippen LogP contribution in [-0.2, 0) is 11.2 Å². The van der Waals surface area contributed by atoms with Gasteiger partial charge in [-0.25, -0.2) is 9.59 Å². The summed E-state index contributed by atoms with van der Waals surface area (Å²) in [4.78, 5) is 24.6. The Hall–Kier alpha value is -2.05. The first-order valence-corrected chi connectivity index (χ1v) is 9.16. The van der Waals surface area contributed by atoms with Gasteiger partial charge in [0.2, 0.25) is 5.89 Å². The Labute approximate surface area is 149 Å². The van der Waals surface area contributed by atoms with Gasteiger partial charge in [-0.3, -0.25) is 9.42 Å². The van der Waals surface area contributed by atoms with Gasteiger partial charge >= 0.3 is 11.9 Å². The number of ether oxygens (including phenoxy) is 1. The zero-order chi connectivity index (χ0) is 18.5. The minimum absolute atomic E-state index is 0.166. The second-order valence-electron chi connectivity index (χ2n) is 6.09. The molecular formula is C18H30N2O5. The molecule has 0 spiro atoms. The topological polar surface area (TPSA) is 85.8 Å². The molecule has 1 aromatic heterocycles. The number of unbranched alkanes of at least 4 members (excludes halogenated alkanes) is 3. The predicted molar refractivity (Wildman–Crippen MR) is 94.2 cm³/mol. The average molecular weight is 354 g/mol. The number of rotatable bonds is 12. The van der Waals surface area contributed by atoms with E-state index in [1.807, 2.05) is 26.1 Å².